The highest BCUT2D eigenvalue weighted by molar-refractivity contribution is 5.84. The van der Waals surface area contributed by atoms with E-state index in [1.54, 1.807) is 18.3 Å². The Bertz CT molecular complexity index is 822. The normalized spacial score (nSPS) is 28.5. The van der Waals surface area contributed by atoms with Gasteiger partial charge in [-0.3, -0.25) is 9.59 Å². The highest BCUT2D eigenvalue weighted by atomic mass is 16.5. The van der Waals surface area contributed by atoms with Crippen LogP contribution in [-0.4, -0.2) is 38.9 Å². The summed E-state index contributed by atoms with van der Waals surface area (Å²) >= 11 is 0. The molecular formula is C23H31N3O5. The van der Waals surface area contributed by atoms with Gasteiger partial charge in [-0.1, -0.05) is 0 Å². The van der Waals surface area contributed by atoms with Gasteiger partial charge in [0, 0.05) is 12.0 Å². The third kappa shape index (κ3) is 4.78. The summed E-state index contributed by atoms with van der Waals surface area (Å²) in [6.45, 7) is -0.291. The molecule has 0 spiro atoms. The van der Waals surface area contributed by atoms with Crippen LogP contribution in [0.3, 0.4) is 0 Å². The number of nitrogens with one attached hydrogen (secondary N) is 1. The summed E-state index contributed by atoms with van der Waals surface area (Å²) in [5, 5.41) is 4.14. The number of nitrogens with zero attached hydrogens (tertiary/aromatic N) is 1. The third-order valence-electron chi connectivity index (χ3n) is 6.95. The quantitative estimate of drug-likeness (QED) is 0.463. The van der Waals surface area contributed by atoms with E-state index in [9.17, 15) is 9.59 Å². The molecule has 8 nitrogen and oxygen atoms in total. The Kier molecular flexibility index (Phi) is 6.07. The van der Waals surface area contributed by atoms with Crippen molar-refractivity contribution in [3.63, 3.8) is 0 Å². The molecule has 1 aromatic carbocycles. The summed E-state index contributed by atoms with van der Waals surface area (Å²) in [5.41, 5.74) is 8.68. The number of benzene rings is 1. The summed E-state index contributed by atoms with van der Waals surface area (Å²) in [5.74, 6) is 2.86. The van der Waals surface area contributed by atoms with Crippen LogP contribution in [0.5, 0.6) is 17.2 Å². The van der Waals surface area contributed by atoms with Crippen molar-refractivity contribution in [3.8, 4) is 17.2 Å². The van der Waals surface area contributed by atoms with Gasteiger partial charge in [0.1, 0.15) is 0 Å². The Balaban J connectivity index is 1.39. The average molecular weight is 430 g/mol. The zero-order valence-corrected chi connectivity index (χ0v) is 18.2. The lowest BCUT2D eigenvalue weighted by atomic mass is 9.49. The Morgan fingerprint density at radius 3 is 2.13 bits per heavy atom. The lowest BCUT2D eigenvalue weighted by molar-refractivity contribution is -0.129. The van der Waals surface area contributed by atoms with Crippen LogP contribution < -0.4 is 25.4 Å². The zero-order valence-electron chi connectivity index (χ0n) is 18.2. The fraction of sp³-hybridized carbons (Fsp3) is 0.609. The molecule has 31 heavy (non-hydrogen) atoms. The van der Waals surface area contributed by atoms with E-state index in [2.05, 4.69) is 10.5 Å². The topological polar surface area (TPSA) is 112 Å². The first-order valence-corrected chi connectivity index (χ1v) is 10.9. The van der Waals surface area contributed by atoms with Crippen molar-refractivity contribution in [3.05, 3.63) is 17.7 Å². The van der Waals surface area contributed by atoms with Gasteiger partial charge in [0.05, 0.1) is 20.4 Å². The number of hydrogen-bond donors (Lipinski definition) is 2. The van der Waals surface area contributed by atoms with Crippen LogP contribution in [0.4, 0.5) is 0 Å². The van der Waals surface area contributed by atoms with E-state index < -0.39 is 5.91 Å². The Morgan fingerprint density at radius 1 is 1.10 bits per heavy atom. The van der Waals surface area contributed by atoms with Crippen LogP contribution in [-0.2, 0) is 9.59 Å². The standard InChI is InChI=1S/C23H31N3O5/c1-29-18-6-17(7-19(30-2)22(18)31-13-20(24)27)12-25-26-21(28)11-23-8-14-3-15(9-23)5-16(4-14)10-23/h6-7,12,14-16H,3-5,8-11,13H2,1-2H3,(H2,24,27)(H,26,28)/b25-12-. The predicted octanol–water partition coefficient (Wildman–Crippen LogP) is 2.62. The SMILES string of the molecule is COc1cc(/C=N\NC(=O)CC23CC4CC(CC(C4)C2)C3)cc(OC)c1OCC(N)=O. The first kappa shape index (κ1) is 21.5. The molecule has 0 atom stereocenters. The first-order valence-electron chi connectivity index (χ1n) is 10.9. The van der Waals surface area contributed by atoms with Crippen molar-refractivity contribution in [2.75, 3.05) is 20.8 Å². The van der Waals surface area contributed by atoms with E-state index in [0.717, 1.165) is 17.8 Å². The Labute approximate surface area is 182 Å². The summed E-state index contributed by atoms with van der Waals surface area (Å²) in [4.78, 5) is 23.7. The molecule has 0 aromatic heterocycles. The van der Waals surface area contributed by atoms with E-state index in [1.165, 1.54) is 52.7 Å². The number of ether oxygens (including phenoxy) is 3. The minimum absolute atomic E-state index is 0.0291. The van der Waals surface area contributed by atoms with Crippen molar-refractivity contribution in [1.82, 2.24) is 5.43 Å². The lowest BCUT2D eigenvalue weighted by Gasteiger charge is -2.56. The molecule has 0 saturated heterocycles. The van der Waals surface area contributed by atoms with Gasteiger partial charge in [-0.25, -0.2) is 5.43 Å². The monoisotopic (exact) mass is 429 g/mol. The van der Waals surface area contributed by atoms with Crippen LogP contribution in [0, 0.1) is 23.2 Å². The molecule has 4 fully saturated rings. The van der Waals surface area contributed by atoms with E-state index >= 15 is 0 Å². The highest BCUT2D eigenvalue weighted by Gasteiger charge is 2.51. The van der Waals surface area contributed by atoms with Gasteiger partial charge in [0.2, 0.25) is 11.7 Å². The molecule has 0 heterocycles. The van der Waals surface area contributed by atoms with Crippen molar-refractivity contribution >= 4 is 18.0 Å². The molecule has 0 unspecified atom stereocenters. The number of hydrazone groups is 1. The molecule has 3 N–H and O–H groups in total. The molecule has 2 amide bonds. The summed E-state index contributed by atoms with van der Waals surface area (Å²) < 4.78 is 16.1. The van der Waals surface area contributed by atoms with Crippen molar-refractivity contribution in [1.29, 1.82) is 0 Å². The van der Waals surface area contributed by atoms with Crippen molar-refractivity contribution in [2.45, 2.75) is 44.9 Å². The number of carbonyl (C=O) groups is 2. The van der Waals surface area contributed by atoms with E-state index in [-0.39, 0.29) is 23.7 Å². The van der Waals surface area contributed by atoms with Gasteiger partial charge < -0.3 is 19.9 Å². The molecular weight excluding hydrogens is 398 g/mol. The average Bonchev–Trinajstić information content (AvgIpc) is 2.70. The molecule has 1 aromatic rings. The second-order valence-electron chi connectivity index (χ2n) is 9.40. The lowest BCUT2D eigenvalue weighted by Crippen LogP contribution is -2.47. The van der Waals surface area contributed by atoms with E-state index in [4.69, 9.17) is 19.9 Å². The maximum atomic E-state index is 12.6. The van der Waals surface area contributed by atoms with Gasteiger partial charge in [-0.2, -0.15) is 5.10 Å². The fourth-order valence-corrected chi connectivity index (χ4v) is 6.33. The van der Waals surface area contributed by atoms with Gasteiger partial charge in [0.25, 0.3) is 5.91 Å². The molecule has 8 heteroatoms. The number of methoxy groups -OCH3 is 2. The second kappa shape index (κ2) is 8.77. The molecule has 4 bridgehead atoms. The number of primary amides is 1. The van der Waals surface area contributed by atoms with Crippen LogP contribution in [0.1, 0.15) is 50.5 Å². The second-order valence-corrected chi connectivity index (χ2v) is 9.40. The summed E-state index contributed by atoms with van der Waals surface area (Å²) in [6, 6.07) is 3.38. The molecule has 168 valence electrons. The van der Waals surface area contributed by atoms with Crippen molar-refractivity contribution in [2.24, 2.45) is 34.0 Å². The molecule has 4 saturated carbocycles. The largest absolute Gasteiger partial charge is 0.493 e. The number of amides is 2. The number of carbonyl (C=O) groups excluding carboxylic acids is 2. The Hall–Kier alpha value is -2.77. The maximum Gasteiger partial charge on any atom is 0.255 e. The first-order chi connectivity index (χ1) is 14.9. The van der Waals surface area contributed by atoms with E-state index in [1.807, 2.05) is 0 Å². The number of hydrogen-bond acceptors (Lipinski definition) is 6. The molecule has 0 radical (unpaired) electrons. The van der Waals surface area contributed by atoms with Crippen molar-refractivity contribution < 1.29 is 23.8 Å². The van der Waals surface area contributed by atoms with Crippen LogP contribution in [0.2, 0.25) is 0 Å². The number of nitrogens with two attached hydrogens (primary N) is 1. The van der Waals surface area contributed by atoms with Gasteiger partial charge >= 0.3 is 0 Å². The summed E-state index contributed by atoms with van der Waals surface area (Å²) in [6.07, 6.45) is 9.76. The molecule has 4 aliphatic carbocycles. The molecule has 0 aliphatic heterocycles. The molecule has 5 rings (SSSR count). The fourth-order valence-electron chi connectivity index (χ4n) is 6.33. The minimum Gasteiger partial charge on any atom is -0.493 e. The van der Waals surface area contributed by atoms with Gasteiger partial charge in [-0.05, 0) is 73.8 Å². The van der Waals surface area contributed by atoms with Gasteiger partial charge in [-0.15, -0.1) is 0 Å². The summed E-state index contributed by atoms with van der Waals surface area (Å²) in [7, 11) is 2.97. The smallest absolute Gasteiger partial charge is 0.255 e. The van der Waals surface area contributed by atoms with Gasteiger partial charge in [0.15, 0.2) is 18.1 Å². The van der Waals surface area contributed by atoms with Crippen LogP contribution in [0.15, 0.2) is 17.2 Å². The van der Waals surface area contributed by atoms with E-state index in [0.29, 0.717) is 23.5 Å². The Morgan fingerprint density at radius 2 is 1.65 bits per heavy atom. The van der Waals surface area contributed by atoms with Crippen LogP contribution >= 0.6 is 0 Å². The molecule has 4 aliphatic rings. The minimum atomic E-state index is -0.600. The number of rotatable bonds is 9. The maximum absolute atomic E-state index is 12.6. The highest BCUT2D eigenvalue weighted by Crippen LogP contribution is 2.61. The predicted molar refractivity (Wildman–Crippen MR) is 115 cm³/mol. The van der Waals surface area contributed by atoms with Crippen LogP contribution in [0.25, 0.3) is 0 Å². The zero-order chi connectivity index (χ0) is 22.0. The third-order valence-corrected chi connectivity index (χ3v) is 6.95.